The van der Waals surface area contributed by atoms with Gasteiger partial charge >= 0.3 is 0 Å². The first kappa shape index (κ1) is 16.0. The Hall–Kier alpha value is -1.02. The summed E-state index contributed by atoms with van der Waals surface area (Å²) >= 11 is 0. The van der Waals surface area contributed by atoms with E-state index in [1.165, 1.54) is 5.56 Å². The molecule has 0 amide bonds. The summed E-state index contributed by atoms with van der Waals surface area (Å²) in [7, 11) is -1.01. The molecule has 0 unspecified atom stereocenters. The van der Waals surface area contributed by atoms with Crippen LogP contribution in [0.25, 0.3) is 6.08 Å². The van der Waals surface area contributed by atoms with Crippen LogP contribution < -0.4 is 4.43 Å². The number of hydrogen-bond acceptors (Lipinski definition) is 1. The summed E-state index contributed by atoms with van der Waals surface area (Å²) in [6.45, 7) is 19.6. The smallest absolute Gasteiger partial charge is 0.292 e. The van der Waals surface area contributed by atoms with Crippen LogP contribution in [0.1, 0.15) is 52.7 Å². The molecule has 0 heterocycles. The normalized spacial score (nSPS) is 12.6. The van der Waals surface area contributed by atoms with Crippen molar-refractivity contribution in [3.8, 4) is 5.75 Å². The lowest BCUT2D eigenvalue weighted by molar-refractivity contribution is 0.459. The van der Waals surface area contributed by atoms with Crippen molar-refractivity contribution < 1.29 is 4.43 Å². The maximum absolute atomic E-state index is 6.47. The SMILES string of the molecule is C=Cc1cccc(O[Si](C(C)(C)C)C(C)(C)C)c1C. The van der Waals surface area contributed by atoms with Crippen molar-refractivity contribution in [1.29, 1.82) is 0 Å². The summed E-state index contributed by atoms with van der Waals surface area (Å²) in [6, 6.07) is 6.20. The van der Waals surface area contributed by atoms with E-state index in [2.05, 4.69) is 67.2 Å². The summed E-state index contributed by atoms with van der Waals surface area (Å²) in [5.41, 5.74) is 2.34. The number of rotatable bonds is 3. The highest BCUT2D eigenvalue weighted by atomic mass is 28.3. The minimum absolute atomic E-state index is 0.194. The van der Waals surface area contributed by atoms with Crippen molar-refractivity contribution in [3.05, 3.63) is 35.9 Å². The molecule has 1 aromatic rings. The molecule has 0 aliphatic heterocycles. The molecule has 0 saturated carbocycles. The van der Waals surface area contributed by atoms with Crippen LogP contribution in [0.4, 0.5) is 0 Å². The van der Waals surface area contributed by atoms with Crippen molar-refractivity contribution in [1.82, 2.24) is 0 Å². The molecule has 19 heavy (non-hydrogen) atoms. The first-order valence-electron chi connectivity index (χ1n) is 6.85. The minimum atomic E-state index is -1.01. The predicted molar refractivity (Wildman–Crippen MR) is 87.1 cm³/mol. The van der Waals surface area contributed by atoms with Gasteiger partial charge < -0.3 is 4.43 Å². The summed E-state index contributed by atoms with van der Waals surface area (Å²) in [4.78, 5) is 0. The zero-order valence-corrected chi connectivity index (χ0v) is 14.4. The molecule has 0 spiro atoms. The second kappa shape index (κ2) is 5.54. The van der Waals surface area contributed by atoms with Crippen molar-refractivity contribution in [3.63, 3.8) is 0 Å². The van der Waals surface area contributed by atoms with E-state index in [0.29, 0.717) is 0 Å². The average Bonchev–Trinajstić information content (AvgIpc) is 2.24. The fraction of sp³-hybridized carbons (Fsp3) is 0.529. The molecular weight excluding hydrogens is 248 g/mol. The Labute approximate surface area is 120 Å². The standard InChI is InChI=1S/C17H27OSi/c1-9-14-11-10-12-15(13(14)2)18-19(16(3,4)5)17(6,7)8/h9-12H,1H2,2-8H3. The van der Waals surface area contributed by atoms with Crippen LogP contribution >= 0.6 is 0 Å². The third kappa shape index (κ3) is 3.97. The van der Waals surface area contributed by atoms with Crippen LogP contribution in [-0.4, -0.2) is 9.04 Å². The highest BCUT2D eigenvalue weighted by Gasteiger charge is 2.41. The van der Waals surface area contributed by atoms with Crippen LogP contribution in [-0.2, 0) is 0 Å². The molecule has 0 aliphatic carbocycles. The molecule has 2 heteroatoms. The van der Waals surface area contributed by atoms with Gasteiger partial charge in [0, 0.05) is 0 Å². The second-order valence-corrected chi connectivity index (χ2v) is 11.0. The van der Waals surface area contributed by atoms with Gasteiger partial charge in [-0.1, -0.05) is 66.3 Å². The van der Waals surface area contributed by atoms with Crippen LogP contribution in [0, 0.1) is 6.92 Å². The van der Waals surface area contributed by atoms with E-state index >= 15 is 0 Å². The van der Waals surface area contributed by atoms with Gasteiger partial charge in [0.15, 0.2) is 0 Å². The fourth-order valence-corrected chi connectivity index (χ4v) is 5.81. The average molecular weight is 275 g/mol. The van der Waals surface area contributed by atoms with Gasteiger partial charge in [-0.25, -0.2) is 0 Å². The first-order valence-corrected chi connectivity index (χ1v) is 8.26. The van der Waals surface area contributed by atoms with E-state index in [1.54, 1.807) is 0 Å². The third-order valence-corrected chi connectivity index (χ3v) is 6.27. The van der Waals surface area contributed by atoms with Crippen LogP contribution in [0.5, 0.6) is 5.75 Å². The molecule has 0 fully saturated rings. The van der Waals surface area contributed by atoms with Gasteiger partial charge in [0.2, 0.25) is 0 Å². The van der Waals surface area contributed by atoms with E-state index in [-0.39, 0.29) is 10.1 Å². The maximum Gasteiger partial charge on any atom is 0.292 e. The zero-order valence-electron chi connectivity index (χ0n) is 13.4. The Balaban J connectivity index is 3.15. The Kier molecular flexibility index (Phi) is 4.67. The number of benzene rings is 1. The lowest BCUT2D eigenvalue weighted by atomic mass is 10.1. The summed E-state index contributed by atoms with van der Waals surface area (Å²) in [6.07, 6.45) is 1.89. The van der Waals surface area contributed by atoms with Crippen molar-refractivity contribution in [2.24, 2.45) is 0 Å². The minimum Gasteiger partial charge on any atom is -0.541 e. The van der Waals surface area contributed by atoms with Gasteiger partial charge in [-0.2, -0.15) is 0 Å². The van der Waals surface area contributed by atoms with Gasteiger partial charge in [0.05, 0.1) is 0 Å². The van der Waals surface area contributed by atoms with Crippen molar-refractivity contribution in [2.75, 3.05) is 0 Å². The second-order valence-electron chi connectivity index (χ2n) is 7.11. The van der Waals surface area contributed by atoms with Gasteiger partial charge in [-0.15, -0.1) is 0 Å². The van der Waals surface area contributed by atoms with E-state index in [0.717, 1.165) is 11.3 Å². The lowest BCUT2D eigenvalue weighted by Gasteiger charge is -2.37. The molecule has 1 nitrogen and oxygen atoms in total. The molecule has 0 aromatic heterocycles. The molecule has 105 valence electrons. The Morgan fingerprint density at radius 2 is 1.58 bits per heavy atom. The first-order chi connectivity index (χ1) is 8.57. The van der Waals surface area contributed by atoms with Crippen LogP contribution in [0.2, 0.25) is 10.1 Å². The molecule has 1 aromatic carbocycles. The van der Waals surface area contributed by atoms with E-state index in [1.807, 2.05) is 12.1 Å². The fourth-order valence-electron chi connectivity index (χ4n) is 2.50. The van der Waals surface area contributed by atoms with Gasteiger partial charge in [0.1, 0.15) is 5.75 Å². The van der Waals surface area contributed by atoms with Gasteiger partial charge in [-0.3, -0.25) is 0 Å². The molecule has 0 saturated heterocycles. The lowest BCUT2D eigenvalue weighted by Crippen LogP contribution is -2.41. The number of hydrogen-bond donors (Lipinski definition) is 0. The quantitative estimate of drug-likeness (QED) is 0.652. The van der Waals surface area contributed by atoms with Crippen LogP contribution in [0.3, 0.4) is 0 Å². The monoisotopic (exact) mass is 275 g/mol. The molecule has 0 atom stereocenters. The molecule has 1 radical (unpaired) electrons. The van der Waals surface area contributed by atoms with Crippen molar-refractivity contribution >= 4 is 15.1 Å². The van der Waals surface area contributed by atoms with E-state index in [9.17, 15) is 0 Å². The largest absolute Gasteiger partial charge is 0.541 e. The highest BCUT2D eigenvalue weighted by Crippen LogP contribution is 2.43. The highest BCUT2D eigenvalue weighted by molar-refractivity contribution is 6.59. The zero-order chi connectivity index (χ0) is 14.8. The van der Waals surface area contributed by atoms with Gasteiger partial charge in [0.25, 0.3) is 9.04 Å². The maximum atomic E-state index is 6.47. The Bertz CT molecular complexity index is 435. The van der Waals surface area contributed by atoms with Gasteiger partial charge in [-0.05, 0) is 34.2 Å². The van der Waals surface area contributed by atoms with Crippen molar-refractivity contribution in [2.45, 2.75) is 58.5 Å². The summed E-state index contributed by atoms with van der Waals surface area (Å²) in [5, 5.41) is 0.388. The molecular formula is C17H27OSi. The van der Waals surface area contributed by atoms with E-state index in [4.69, 9.17) is 4.43 Å². The molecule has 0 bridgehead atoms. The molecule has 0 N–H and O–H groups in total. The Morgan fingerprint density at radius 1 is 1.05 bits per heavy atom. The van der Waals surface area contributed by atoms with E-state index < -0.39 is 9.04 Å². The molecule has 0 aliphatic rings. The predicted octanol–water partition coefficient (Wildman–Crippen LogP) is 5.61. The summed E-state index contributed by atoms with van der Waals surface area (Å²) in [5.74, 6) is 1.01. The summed E-state index contributed by atoms with van der Waals surface area (Å²) < 4.78 is 6.47. The topological polar surface area (TPSA) is 9.23 Å². The Morgan fingerprint density at radius 3 is 2.00 bits per heavy atom. The third-order valence-electron chi connectivity index (χ3n) is 3.12. The van der Waals surface area contributed by atoms with Crippen LogP contribution in [0.15, 0.2) is 24.8 Å². The molecule has 1 rings (SSSR count).